The highest BCUT2D eigenvalue weighted by atomic mass is 35.5. The molecule has 0 spiro atoms. The molecule has 1 aliphatic heterocycles. The van der Waals surface area contributed by atoms with Crippen LogP contribution in [0.25, 0.3) is 0 Å². The van der Waals surface area contributed by atoms with Crippen LogP contribution in [-0.2, 0) is 0 Å². The number of nitrogens with one attached hydrogen (secondary N) is 1. The van der Waals surface area contributed by atoms with Crippen molar-refractivity contribution in [2.45, 2.75) is 39.2 Å². The van der Waals surface area contributed by atoms with Gasteiger partial charge >= 0.3 is 0 Å². The minimum absolute atomic E-state index is 0.245. The fraction of sp³-hybridized carbons (Fsp3) is 0.625. The molecule has 1 aliphatic rings. The van der Waals surface area contributed by atoms with Crippen molar-refractivity contribution in [2.75, 3.05) is 20.3 Å². The van der Waals surface area contributed by atoms with E-state index in [1.165, 1.54) is 0 Å². The Balaban J connectivity index is 2.37. The van der Waals surface area contributed by atoms with Crippen molar-refractivity contribution >= 4 is 11.6 Å². The van der Waals surface area contributed by atoms with Crippen LogP contribution in [0, 0.1) is 5.92 Å². The van der Waals surface area contributed by atoms with Gasteiger partial charge in [-0.2, -0.15) is 0 Å². The molecule has 1 aromatic carbocycles. The molecule has 0 saturated heterocycles. The highest BCUT2D eigenvalue weighted by Gasteiger charge is 2.24. The summed E-state index contributed by atoms with van der Waals surface area (Å²) in [6.45, 7) is 5.82. The Morgan fingerprint density at radius 1 is 1.15 bits per heavy atom. The number of rotatable bonds is 5. The summed E-state index contributed by atoms with van der Waals surface area (Å²) >= 11 is 6.47. The van der Waals surface area contributed by atoms with Crippen molar-refractivity contribution in [2.24, 2.45) is 5.92 Å². The van der Waals surface area contributed by atoms with Crippen LogP contribution in [0.15, 0.2) is 12.1 Å². The molecule has 0 aliphatic carbocycles. The molecule has 0 radical (unpaired) electrons. The Bertz CT molecular complexity index is 446. The zero-order valence-corrected chi connectivity index (χ0v) is 13.3. The third-order valence-corrected chi connectivity index (χ3v) is 4.36. The van der Waals surface area contributed by atoms with Gasteiger partial charge in [0.2, 0.25) is 0 Å². The minimum Gasteiger partial charge on any atom is -0.490 e. The first-order valence-corrected chi connectivity index (χ1v) is 7.85. The molecule has 4 heteroatoms. The van der Waals surface area contributed by atoms with Crippen LogP contribution >= 0.6 is 11.6 Å². The Morgan fingerprint density at radius 3 is 2.30 bits per heavy atom. The molecule has 1 heterocycles. The molecular formula is C16H24ClNO2. The van der Waals surface area contributed by atoms with Crippen molar-refractivity contribution in [1.29, 1.82) is 0 Å². The highest BCUT2D eigenvalue weighted by molar-refractivity contribution is 6.31. The largest absolute Gasteiger partial charge is 0.490 e. The van der Waals surface area contributed by atoms with Gasteiger partial charge in [-0.05, 0) is 24.6 Å². The summed E-state index contributed by atoms with van der Waals surface area (Å²) in [6, 6.07) is 4.18. The van der Waals surface area contributed by atoms with E-state index in [1.54, 1.807) is 0 Å². The number of benzene rings is 1. The standard InChI is InChI=1S/C16H24ClNO2/c1-4-11(5-2)16(18-3)12-9-14-15(10-13(12)17)20-8-6-7-19-14/h9-11,16,18H,4-8H2,1-3H3. The van der Waals surface area contributed by atoms with Crippen molar-refractivity contribution in [3.63, 3.8) is 0 Å². The first-order valence-electron chi connectivity index (χ1n) is 7.47. The van der Waals surface area contributed by atoms with Crippen molar-refractivity contribution in [3.8, 4) is 11.5 Å². The molecular weight excluding hydrogens is 274 g/mol. The molecule has 1 atom stereocenters. The Hall–Kier alpha value is -0.930. The fourth-order valence-corrected chi connectivity index (χ4v) is 3.11. The first kappa shape index (κ1) is 15.5. The van der Waals surface area contributed by atoms with Gasteiger partial charge < -0.3 is 14.8 Å². The van der Waals surface area contributed by atoms with Gasteiger partial charge in [0.25, 0.3) is 0 Å². The van der Waals surface area contributed by atoms with E-state index in [-0.39, 0.29) is 6.04 Å². The van der Waals surface area contributed by atoms with E-state index in [9.17, 15) is 0 Å². The summed E-state index contributed by atoms with van der Waals surface area (Å²) < 4.78 is 11.5. The summed E-state index contributed by atoms with van der Waals surface area (Å²) in [5.41, 5.74) is 1.10. The number of hydrogen-bond acceptors (Lipinski definition) is 3. The van der Waals surface area contributed by atoms with E-state index in [0.717, 1.165) is 41.3 Å². The quantitative estimate of drug-likeness (QED) is 0.883. The van der Waals surface area contributed by atoms with Crippen molar-refractivity contribution < 1.29 is 9.47 Å². The second kappa shape index (κ2) is 7.19. The van der Waals surface area contributed by atoms with Gasteiger partial charge in [-0.1, -0.05) is 38.3 Å². The lowest BCUT2D eigenvalue weighted by atomic mass is 9.88. The Morgan fingerprint density at radius 2 is 1.75 bits per heavy atom. The summed E-state index contributed by atoms with van der Waals surface area (Å²) in [5.74, 6) is 2.13. The number of halogens is 1. The average Bonchev–Trinajstić information content (AvgIpc) is 2.69. The highest BCUT2D eigenvalue weighted by Crippen LogP contribution is 2.40. The van der Waals surface area contributed by atoms with Crippen LogP contribution in [0.3, 0.4) is 0 Å². The average molecular weight is 298 g/mol. The molecule has 1 unspecified atom stereocenters. The molecule has 0 amide bonds. The molecule has 0 saturated carbocycles. The number of ether oxygens (including phenoxy) is 2. The normalized spacial score (nSPS) is 16.1. The predicted octanol–water partition coefficient (Wildman–Crippen LogP) is 4.20. The SMILES string of the molecule is CCC(CC)C(NC)c1cc2c(cc1Cl)OCCCO2. The van der Waals surface area contributed by atoms with Gasteiger partial charge in [0.1, 0.15) is 0 Å². The molecule has 112 valence electrons. The Labute approximate surface area is 126 Å². The van der Waals surface area contributed by atoms with Crippen LogP contribution in [0.2, 0.25) is 5.02 Å². The smallest absolute Gasteiger partial charge is 0.162 e. The molecule has 0 fully saturated rings. The molecule has 1 aromatic rings. The first-order chi connectivity index (χ1) is 9.71. The lowest BCUT2D eigenvalue weighted by Crippen LogP contribution is -2.25. The lowest BCUT2D eigenvalue weighted by molar-refractivity contribution is 0.296. The second-order valence-electron chi connectivity index (χ2n) is 5.21. The van der Waals surface area contributed by atoms with E-state index in [0.29, 0.717) is 19.1 Å². The second-order valence-corrected chi connectivity index (χ2v) is 5.62. The summed E-state index contributed by atoms with van der Waals surface area (Å²) in [7, 11) is 1.99. The molecule has 20 heavy (non-hydrogen) atoms. The van der Waals surface area contributed by atoms with E-state index >= 15 is 0 Å². The van der Waals surface area contributed by atoms with Crippen LogP contribution in [0.5, 0.6) is 11.5 Å². The molecule has 3 nitrogen and oxygen atoms in total. The summed E-state index contributed by atoms with van der Waals surface area (Å²) in [6.07, 6.45) is 3.14. The predicted molar refractivity (Wildman–Crippen MR) is 82.9 cm³/mol. The summed E-state index contributed by atoms with van der Waals surface area (Å²) in [4.78, 5) is 0. The number of fused-ring (bicyclic) bond motifs is 1. The van der Waals surface area contributed by atoms with Gasteiger partial charge in [0, 0.05) is 23.6 Å². The Kier molecular flexibility index (Phi) is 5.55. The van der Waals surface area contributed by atoms with E-state index in [1.807, 2.05) is 19.2 Å². The molecule has 0 bridgehead atoms. The van der Waals surface area contributed by atoms with Gasteiger partial charge in [0.15, 0.2) is 11.5 Å². The third-order valence-electron chi connectivity index (χ3n) is 4.03. The molecule has 2 rings (SSSR count). The number of hydrogen-bond donors (Lipinski definition) is 1. The van der Waals surface area contributed by atoms with Crippen molar-refractivity contribution in [3.05, 3.63) is 22.7 Å². The van der Waals surface area contributed by atoms with Crippen LogP contribution in [0.4, 0.5) is 0 Å². The topological polar surface area (TPSA) is 30.5 Å². The zero-order chi connectivity index (χ0) is 14.5. The van der Waals surface area contributed by atoms with E-state index in [2.05, 4.69) is 19.2 Å². The van der Waals surface area contributed by atoms with Crippen LogP contribution in [0.1, 0.15) is 44.7 Å². The van der Waals surface area contributed by atoms with E-state index in [4.69, 9.17) is 21.1 Å². The third kappa shape index (κ3) is 3.21. The zero-order valence-electron chi connectivity index (χ0n) is 12.5. The minimum atomic E-state index is 0.245. The fourth-order valence-electron chi connectivity index (χ4n) is 2.84. The van der Waals surface area contributed by atoms with Gasteiger partial charge in [-0.25, -0.2) is 0 Å². The lowest BCUT2D eigenvalue weighted by Gasteiger charge is -2.27. The van der Waals surface area contributed by atoms with Crippen LogP contribution < -0.4 is 14.8 Å². The van der Waals surface area contributed by atoms with Gasteiger partial charge in [-0.15, -0.1) is 0 Å². The molecule has 1 N–H and O–H groups in total. The monoisotopic (exact) mass is 297 g/mol. The van der Waals surface area contributed by atoms with Crippen LogP contribution in [-0.4, -0.2) is 20.3 Å². The van der Waals surface area contributed by atoms with Gasteiger partial charge in [-0.3, -0.25) is 0 Å². The van der Waals surface area contributed by atoms with Gasteiger partial charge in [0.05, 0.1) is 13.2 Å². The van der Waals surface area contributed by atoms with Crippen molar-refractivity contribution in [1.82, 2.24) is 5.32 Å². The summed E-state index contributed by atoms with van der Waals surface area (Å²) in [5, 5.41) is 4.15. The maximum absolute atomic E-state index is 6.47. The molecule has 0 aromatic heterocycles. The maximum Gasteiger partial charge on any atom is 0.162 e. The maximum atomic E-state index is 6.47. The van der Waals surface area contributed by atoms with E-state index < -0.39 is 0 Å².